The van der Waals surface area contributed by atoms with Crippen LogP contribution in [0.15, 0.2) is 42.9 Å². The molecular weight excluding hydrogens is 459 g/mol. The molecule has 172 valence electrons. The number of hydrogen-bond donors (Lipinski definition) is 3. The lowest BCUT2D eigenvalue weighted by atomic mass is 9.95. The van der Waals surface area contributed by atoms with Crippen LogP contribution in [0.1, 0.15) is 30.4 Å². The Balaban J connectivity index is 1.54. The topological polar surface area (TPSA) is 98.0 Å². The van der Waals surface area contributed by atoms with Crippen molar-refractivity contribution in [2.75, 3.05) is 30.7 Å². The van der Waals surface area contributed by atoms with E-state index in [1.807, 2.05) is 36.4 Å². The Hall–Kier alpha value is -2.87. The molecule has 1 aliphatic heterocycles. The third kappa shape index (κ3) is 6.81. The molecule has 3 aromatic rings. The highest BCUT2D eigenvalue weighted by molar-refractivity contribution is 6.33. The second-order valence-corrected chi connectivity index (χ2v) is 8.67. The molecule has 0 unspecified atom stereocenters. The SMILES string of the molecule is Nc1cncc(/C=C/c2cc(Nc3nc(Cl)ncc3Cl)ccc2OCCC2CCNCC2)c1. The molecule has 0 bridgehead atoms. The maximum Gasteiger partial charge on any atom is 0.224 e. The van der Waals surface area contributed by atoms with Gasteiger partial charge in [-0.25, -0.2) is 4.98 Å². The van der Waals surface area contributed by atoms with Gasteiger partial charge in [-0.05, 0) is 79.7 Å². The Morgan fingerprint density at radius 3 is 2.79 bits per heavy atom. The summed E-state index contributed by atoms with van der Waals surface area (Å²) >= 11 is 12.1. The average Bonchev–Trinajstić information content (AvgIpc) is 2.82. The quantitative estimate of drug-likeness (QED) is 0.366. The fourth-order valence-electron chi connectivity index (χ4n) is 3.72. The highest BCUT2D eigenvalue weighted by Crippen LogP contribution is 2.30. The lowest BCUT2D eigenvalue weighted by molar-refractivity contribution is 0.251. The first-order valence-electron chi connectivity index (χ1n) is 10.9. The third-order valence-electron chi connectivity index (χ3n) is 5.47. The molecule has 0 saturated carbocycles. The summed E-state index contributed by atoms with van der Waals surface area (Å²) in [6.07, 6.45) is 12.2. The molecule has 3 heterocycles. The van der Waals surface area contributed by atoms with Crippen molar-refractivity contribution in [3.05, 3.63) is 64.3 Å². The van der Waals surface area contributed by atoms with Crippen LogP contribution in [0.5, 0.6) is 5.75 Å². The minimum Gasteiger partial charge on any atom is -0.493 e. The van der Waals surface area contributed by atoms with E-state index in [2.05, 4.69) is 25.6 Å². The number of rotatable bonds is 8. The number of nitrogens with two attached hydrogens (primary N) is 1. The first kappa shape index (κ1) is 23.3. The minimum absolute atomic E-state index is 0.119. The summed E-state index contributed by atoms with van der Waals surface area (Å²) < 4.78 is 6.19. The summed E-state index contributed by atoms with van der Waals surface area (Å²) in [6.45, 7) is 2.84. The van der Waals surface area contributed by atoms with E-state index in [0.29, 0.717) is 29.1 Å². The van der Waals surface area contributed by atoms with E-state index in [1.165, 1.54) is 19.0 Å². The Morgan fingerprint density at radius 1 is 1.12 bits per heavy atom. The van der Waals surface area contributed by atoms with E-state index in [4.69, 9.17) is 33.7 Å². The Kier molecular flexibility index (Phi) is 7.99. The number of halogens is 2. The van der Waals surface area contributed by atoms with E-state index >= 15 is 0 Å². The summed E-state index contributed by atoms with van der Waals surface area (Å²) in [4.78, 5) is 12.2. The molecule has 0 aliphatic carbocycles. The number of nitrogens with zero attached hydrogens (tertiary/aromatic N) is 3. The van der Waals surface area contributed by atoms with Crippen LogP contribution in [0.2, 0.25) is 10.3 Å². The van der Waals surface area contributed by atoms with Gasteiger partial charge in [-0.3, -0.25) is 4.98 Å². The average molecular weight is 485 g/mol. The summed E-state index contributed by atoms with van der Waals surface area (Å²) in [5.74, 6) is 1.94. The predicted molar refractivity (Wildman–Crippen MR) is 135 cm³/mol. The standard InChI is InChI=1S/C24H26Cl2N6O/c25-21-15-30-24(26)32-23(21)31-20-3-4-22(33-10-7-16-5-8-28-9-6-16)18(12-20)2-1-17-11-19(27)14-29-13-17/h1-4,11-16,28H,5-10,27H2,(H,30,31,32)/b2-1+. The molecule has 1 aliphatic rings. The Morgan fingerprint density at radius 2 is 1.97 bits per heavy atom. The van der Waals surface area contributed by atoms with Crippen molar-refractivity contribution in [3.63, 3.8) is 0 Å². The van der Waals surface area contributed by atoms with Crippen molar-refractivity contribution in [2.45, 2.75) is 19.3 Å². The van der Waals surface area contributed by atoms with Gasteiger partial charge in [0.25, 0.3) is 0 Å². The highest BCUT2D eigenvalue weighted by atomic mass is 35.5. The highest BCUT2D eigenvalue weighted by Gasteiger charge is 2.13. The van der Waals surface area contributed by atoms with E-state index in [-0.39, 0.29) is 5.28 Å². The molecule has 0 amide bonds. The molecule has 2 aromatic heterocycles. The number of aromatic nitrogens is 3. The van der Waals surface area contributed by atoms with Crippen molar-refractivity contribution >= 4 is 52.5 Å². The van der Waals surface area contributed by atoms with Crippen LogP contribution in [0, 0.1) is 5.92 Å². The van der Waals surface area contributed by atoms with Crippen LogP contribution in [-0.4, -0.2) is 34.6 Å². The maximum atomic E-state index is 6.21. The van der Waals surface area contributed by atoms with Gasteiger partial charge in [0, 0.05) is 23.6 Å². The molecule has 4 N–H and O–H groups in total. The number of hydrogen-bond acceptors (Lipinski definition) is 7. The minimum atomic E-state index is 0.119. The fourth-order valence-corrected chi connectivity index (χ4v) is 3.99. The summed E-state index contributed by atoms with van der Waals surface area (Å²) in [5, 5.41) is 7.10. The van der Waals surface area contributed by atoms with Crippen molar-refractivity contribution in [2.24, 2.45) is 5.92 Å². The van der Waals surface area contributed by atoms with E-state index in [0.717, 1.165) is 42.1 Å². The molecule has 1 saturated heterocycles. The van der Waals surface area contributed by atoms with Crippen LogP contribution in [-0.2, 0) is 0 Å². The van der Waals surface area contributed by atoms with Gasteiger partial charge in [-0.1, -0.05) is 23.8 Å². The maximum absolute atomic E-state index is 6.21. The van der Waals surface area contributed by atoms with Crippen molar-refractivity contribution in [3.8, 4) is 5.75 Å². The predicted octanol–water partition coefficient (Wildman–Crippen LogP) is 5.44. The summed E-state index contributed by atoms with van der Waals surface area (Å²) in [5.41, 5.74) is 9.07. The molecule has 1 fully saturated rings. The van der Waals surface area contributed by atoms with Gasteiger partial charge in [0.05, 0.1) is 18.5 Å². The molecule has 7 nitrogen and oxygen atoms in total. The Bertz CT molecular complexity index is 1120. The monoisotopic (exact) mass is 484 g/mol. The second kappa shape index (κ2) is 11.3. The number of anilines is 3. The van der Waals surface area contributed by atoms with Crippen molar-refractivity contribution < 1.29 is 4.74 Å². The lowest BCUT2D eigenvalue weighted by Gasteiger charge is -2.22. The van der Waals surface area contributed by atoms with Gasteiger partial charge in [0.2, 0.25) is 5.28 Å². The first-order chi connectivity index (χ1) is 16.1. The number of benzene rings is 1. The van der Waals surface area contributed by atoms with Gasteiger partial charge in [0.15, 0.2) is 5.82 Å². The molecule has 1 aromatic carbocycles. The third-order valence-corrected chi connectivity index (χ3v) is 5.92. The smallest absolute Gasteiger partial charge is 0.224 e. The first-order valence-corrected chi connectivity index (χ1v) is 11.6. The van der Waals surface area contributed by atoms with Crippen LogP contribution < -0.4 is 21.1 Å². The second-order valence-electron chi connectivity index (χ2n) is 7.93. The van der Waals surface area contributed by atoms with Crippen molar-refractivity contribution in [1.82, 2.24) is 20.3 Å². The fraction of sp³-hybridized carbons (Fsp3) is 0.292. The zero-order valence-corrected chi connectivity index (χ0v) is 19.6. The van der Waals surface area contributed by atoms with Crippen LogP contribution in [0.3, 0.4) is 0 Å². The van der Waals surface area contributed by atoms with E-state index in [1.54, 1.807) is 12.4 Å². The van der Waals surface area contributed by atoms with Gasteiger partial charge in [0.1, 0.15) is 10.8 Å². The molecule has 4 rings (SSSR count). The van der Waals surface area contributed by atoms with Gasteiger partial charge >= 0.3 is 0 Å². The number of nitrogen functional groups attached to an aromatic ring is 1. The molecule has 9 heteroatoms. The summed E-state index contributed by atoms with van der Waals surface area (Å²) in [6, 6.07) is 7.71. The van der Waals surface area contributed by atoms with Crippen LogP contribution in [0.4, 0.5) is 17.2 Å². The molecule has 0 radical (unpaired) electrons. The van der Waals surface area contributed by atoms with E-state index < -0.39 is 0 Å². The summed E-state index contributed by atoms with van der Waals surface area (Å²) in [7, 11) is 0. The van der Waals surface area contributed by atoms with Crippen LogP contribution >= 0.6 is 23.2 Å². The molecule has 33 heavy (non-hydrogen) atoms. The number of nitrogens with one attached hydrogen (secondary N) is 2. The van der Waals surface area contributed by atoms with Gasteiger partial charge in [-0.2, -0.15) is 4.98 Å². The zero-order valence-electron chi connectivity index (χ0n) is 18.1. The zero-order chi connectivity index (χ0) is 23.0. The Labute approximate surface area is 203 Å². The largest absolute Gasteiger partial charge is 0.493 e. The van der Waals surface area contributed by atoms with Crippen molar-refractivity contribution in [1.29, 1.82) is 0 Å². The van der Waals surface area contributed by atoms with E-state index in [9.17, 15) is 0 Å². The molecule has 0 spiro atoms. The molecular formula is C24H26Cl2N6O. The lowest BCUT2D eigenvalue weighted by Crippen LogP contribution is -2.28. The van der Waals surface area contributed by atoms with Gasteiger partial charge < -0.3 is 21.1 Å². The number of piperidine rings is 1. The number of ether oxygens (including phenoxy) is 1. The van der Waals surface area contributed by atoms with Gasteiger partial charge in [-0.15, -0.1) is 0 Å². The normalized spacial score (nSPS) is 14.5. The number of pyridine rings is 1. The van der Waals surface area contributed by atoms with Crippen LogP contribution in [0.25, 0.3) is 12.2 Å². The molecule has 0 atom stereocenters.